The lowest BCUT2D eigenvalue weighted by Crippen LogP contribution is -2.37. The summed E-state index contributed by atoms with van der Waals surface area (Å²) in [6.45, 7) is 0.396. The number of amidine groups is 1. The van der Waals surface area contributed by atoms with Crippen LogP contribution >= 0.6 is 11.6 Å². The molecule has 0 aliphatic heterocycles. The van der Waals surface area contributed by atoms with E-state index in [9.17, 15) is 13.6 Å². The Kier molecular flexibility index (Phi) is 12.4. The number of fused-ring (bicyclic) bond motifs is 1. The summed E-state index contributed by atoms with van der Waals surface area (Å²) in [5.74, 6) is -0.271. The van der Waals surface area contributed by atoms with Gasteiger partial charge in [0.15, 0.2) is 6.19 Å². The zero-order valence-electron chi connectivity index (χ0n) is 24.6. The number of hydrogen-bond donors (Lipinski definition) is 3. The lowest BCUT2D eigenvalue weighted by atomic mass is 9.90. The third kappa shape index (κ3) is 10.1. The SMILES string of the molecule is CNC(CCc1cccc(F)c1Cl)[C@H](CCCN=C(NC#N)Oc1ccccc1)COC(=O)Nc1cc2cc(F)ccc2cn1. The van der Waals surface area contributed by atoms with Gasteiger partial charge in [0.05, 0.1) is 11.6 Å². The van der Waals surface area contributed by atoms with E-state index in [0.717, 1.165) is 5.39 Å². The van der Waals surface area contributed by atoms with Crippen LogP contribution in [0.25, 0.3) is 10.8 Å². The van der Waals surface area contributed by atoms with Crippen LogP contribution in [-0.4, -0.2) is 43.3 Å². The molecule has 4 rings (SSSR count). The number of anilines is 1. The molecule has 0 saturated carbocycles. The standard InChI is InChI=1S/C33H33ClF2N6O3/c1-38-29(15-13-22-7-5-11-28(36)31(22)34)24(8-6-16-39-32(41-21-37)45-27-9-3-2-4-10-27)20-44-33(43)42-30-18-25-17-26(35)14-12-23(25)19-40-30/h2-5,7,9-12,14,17-19,24,29,38H,6,8,13,15-16,20H2,1H3,(H,39,41)(H,40,42,43)/t24-,29?/m1/s1. The Balaban J connectivity index is 1.41. The Morgan fingerprint density at radius 2 is 1.89 bits per heavy atom. The third-order valence-electron chi connectivity index (χ3n) is 7.15. The molecule has 1 unspecified atom stereocenters. The van der Waals surface area contributed by atoms with E-state index < -0.39 is 17.7 Å². The largest absolute Gasteiger partial charge is 0.449 e. The molecule has 0 aliphatic carbocycles. The molecular weight excluding hydrogens is 602 g/mol. The zero-order chi connectivity index (χ0) is 32.0. The van der Waals surface area contributed by atoms with E-state index in [2.05, 4.69) is 25.9 Å². The van der Waals surface area contributed by atoms with Gasteiger partial charge in [-0.2, -0.15) is 5.26 Å². The van der Waals surface area contributed by atoms with Gasteiger partial charge in [0.2, 0.25) is 0 Å². The number of para-hydroxylation sites is 1. The number of carbonyl (C=O) groups excluding carboxylic acids is 1. The quantitative estimate of drug-likeness (QED) is 0.0484. The van der Waals surface area contributed by atoms with E-state index in [0.29, 0.717) is 48.9 Å². The van der Waals surface area contributed by atoms with Crippen molar-refractivity contribution >= 4 is 40.3 Å². The predicted octanol–water partition coefficient (Wildman–Crippen LogP) is 6.84. The number of aliphatic imine (C=N–C) groups is 1. The first-order valence-corrected chi connectivity index (χ1v) is 14.8. The normalized spacial score (nSPS) is 12.6. The minimum Gasteiger partial charge on any atom is -0.449 e. The van der Waals surface area contributed by atoms with Crippen LogP contribution in [0.3, 0.4) is 0 Å². The smallest absolute Gasteiger partial charge is 0.412 e. The van der Waals surface area contributed by atoms with Crippen LogP contribution in [0.4, 0.5) is 19.4 Å². The number of aryl methyl sites for hydroxylation is 1. The molecule has 1 amide bonds. The van der Waals surface area contributed by atoms with Gasteiger partial charge in [0, 0.05) is 30.1 Å². The van der Waals surface area contributed by atoms with E-state index in [1.54, 1.807) is 42.6 Å². The molecule has 0 bridgehead atoms. The number of hydrogen-bond acceptors (Lipinski definition) is 7. The van der Waals surface area contributed by atoms with E-state index in [-0.39, 0.29) is 35.4 Å². The number of nitrogens with one attached hydrogen (secondary N) is 3. The summed E-state index contributed by atoms with van der Waals surface area (Å²) in [6, 6.07) is 19.5. The fourth-order valence-corrected chi connectivity index (χ4v) is 5.07. The fourth-order valence-electron chi connectivity index (χ4n) is 4.85. The molecule has 3 aromatic carbocycles. The number of ether oxygens (including phenoxy) is 2. The van der Waals surface area contributed by atoms with Gasteiger partial charge in [0.25, 0.3) is 0 Å². The van der Waals surface area contributed by atoms with Gasteiger partial charge in [-0.15, -0.1) is 0 Å². The molecule has 0 radical (unpaired) electrons. The molecule has 1 aromatic heterocycles. The first-order chi connectivity index (χ1) is 21.9. The van der Waals surface area contributed by atoms with Crippen molar-refractivity contribution in [2.75, 3.05) is 25.5 Å². The van der Waals surface area contributed by atoms with Gasteiger partial charge in [0.1, 0.15) is 23.2 Å². The number of pyridine rings is 1. The highest BCUT2D eigenvalue weighted by Gasteiger charge is 2.23. The van der Waals surface area contributed by atoms with E-state index in [1.165, 1.54) is 18.2 Å². The van der Waals surface area contributed by atoms with Crippen molar-refractivity contribution in [1.29, 1.82) is 5.26 Å². The van der Waals surface area contributed by atoms with E-state index in [1.807, 2.05) is 31.4 Å². The summed E-state index contributed by atoms with van der Waals surface area (Å²) < 4.78 is 39.0. The number of aromatic nitrogens is 1. The molecule has 45 heavy (non-hydrogen) atoms. The molecule has 1 heterocycles. The number of benzene rings is 3. The fraction of sp³-hybridized carbons (Fsp3) is 0.273. The van der Waals surface area contributed by atoms with Gasteiger partial charge in [-0.05, 0) is 86.1 Å². The number of carbonyl (C=O) groups is 1. The minimum atomic E-state index is -0.707. The topological polar surface area (TPSA) is 121 Å². The minimum absolute atomic E-state index is 0.0595. The number of nitriles is 1. The molecule has 0 aliphatic rings. The monoisotopic (exact) mass is 634 g/mol. The van der Waals surface area contributed by atoms with Crippen molar-refractivity contribution in [3.8, 4) is 11.9 Å². The maximum atomic E-state index is 14.0. The first-order valence-electron chi connectivity index (χ1n) is 14.4. The lowest BCUT2D eigenvalue weighted by Gasteiger charge is -2.27. The van der Waals surface area contributed by atoms with Crippen LogP contribution < -0.4 is 20.7 Å². The molecule has 234 valence electrons. The van der Waals surface area contributed by atoms with Crippen molar-refractivity contribution in [3.05, 3.63) is 101 Å². The summed E-state index contributed by atoms with van der Waals surface area (Å²) >= 11 is 6.18. The van der Waals surface area contributed by atoms with Crippen molar-refractivity contribution in [1.82, 2.24) is 15.6 Å². The van der Waals surface area contributed by atoms with Gasteiger partial charge in [-0.25, -0.2) is 28.9 Å². The number of nitrogens with zero attached hydrogens (tertiary/aromatic N) is 3. The number of amides is 1. The van der Waals surface area contributed by atoms with E-state index >= 15 is 0 Å². The van der Waals surface area contributed by atoms with Crippen molar-refractivity contribution in [2.45, 2.75) is 31.7 Å². The average molecular weight is 635 g/mol. The Hall–Kier alpha value is -4.79. The molecular formula is C33H33ClF2N6O3. The van der Waals surface area contributed by atoms with Crippen LogP contribution in [0.1, 0.15) is 24.8 Å². The molecule has 0 spiro atoms. The molecule has 2 atom stereocenters. The lowest BCUT2D eigenvalue weighted by molar-refractivity contribution is 0.123. The zero-order valence-corrected chi connectivity index (χ0v) is 25.4. The Bertz CT molecular complexity index is 1650. The molecule has 0 fully saturated rings. The van der Waals surface area contributed by atoms with Crippen LogP contribution in [-0.2, 0) is 11.2 Å². The molecule has 9 nitrogen and oxygen atoms in total. The maximum absolute atomic E-state index is 14.0. The second kappa shape index (κ2) is 16.9. The third-order valence-corrected chi connectivity index (χ3v) is 7.57. The summed E-state index contributed by atoms with van der Waals surface area (Å²) in [4.78, 5) is 21.4. The average Bonchev–Trinajstić information content (AvgIpc) is 3.03. The van der Waals surface area contributed by atoms with Crippen molar-refractivity contribution in [3.63, 3.8) is 0 Å². The van der Waals surface area contributed by atoms with Crippen LogP contribution in [0, 0.1) is 29.0 Å². The predicted molar refractivity (Wildman–Crippen MR) is 170 cm³/mol. The Morgan fingerprint density at radius 1 is 1.07 bits per heavy atom. The first kappa shape index (κ1) is 33.1. The van der Waals surface area contributed by atoms with Gasteiger partial charge in [-0.1, -0.05) is 41.9 Å². The summed E-state index contributed by atoms with van der Waals surface area (Å²) in [6.07, 6.45) is 4.94. The van der Waals surface area contributed by atoms with Crippen LogP contribution in [0.5, 0.6) is 5.75 Å². The maximum Gasteiger partial charge on any atom is 0.412 e. The van der Waals surface area contributed by atoms with Crippen LogP contribution in [0.15, 0.2) is 84.0 Å². The highest BCUT2D eigenvalue weighted by Crippen LogP contribution is 2.24. The summed E-state index contributed by atoms with van der Waals surface area (Å²) in [7, 11) is 1.81. The second-order valence-corrected chi connectivity index (χ2v) is 10.6. The summed E-state index contributed by atoms with van der Waals surface area (Å²) in [5, 5.41) is 18.9. The van der Waals surface area contributed by atoms with Crippen molar-refractivity contribution in [2.24, 2.45) is 10.9 Å². The van der Waals surface area contributed by atoms with E-state index in [4.69, 9.17) is 26.3 Å². The molecule has 0 saturated heterocycles. The second-order valence-electron chi connectivity index (χ2n) is 10.2. The number of rotatable bonds is 13. The Morgan fingerprint density at radius 3 is 2.67 bits per heavy atom. The molecule has 3 N–H and O–H groups in total. The van der Waals surface area contributed by atoms with Gasteiger partial charge in [-0.3, -0.25) is 5.32 Å². The van der Waals surface area contributed by atoms with Crippen molar-refractivity contribution < 1.29 is 23.0 Å². The van der Waals surface area contributed by atoms with Gasteiger partial charge >= 0.3 is 12.1 Å². The molecule has 12 heteroatoms. The Labute approximate surface area is 265 Å². The van der Waals surface area contributed by atoms with Gasteiger partial charge < -0.3 is 14.8 Å². The molecule has 4 aromatic rings. The number of halogens is 3. The van der Waals surface area contributed by atoms with Crippen LogP contribution in [0.2, 0.25) is 5.02 Å². The summed E-state index contributed by atoms with van der Waals surface area (Å²) in [5.41, 5.74) is 0.683. The highest BCUT2D eigenvalue weighted by molar-refractivity contribution is 6.31. The highest BCUT2D eigenvalue weighted by atomic mass is 35.5.